The molecule has 1 heterocycles. The van der Waals surface area contributed by atoms with Gasteiger partial charge in [-0.1, -0.05) is 17.4 Å². The van der Waals surface area contributed by atoms with Gasteiger partial charge in [-0.05, 0) is 19.1 Å². The Morgan fingerprint density at radius 1 is 1.22 bits per heavy atom. The Morgan fingerprint density at radius 3 is 2.26 bits per heavy atom. The molecule has 0 spiro atoms. The highest BCUT2D eigenvalue weighted by Crippen LogP contribution is 2.41. The van der Waals surface area contributed by atoms with Crippen molar-refractivity contribution < 1.29 is 19.0 Å². The fourth-order valence-electron chi connectivity index (χ4n) is 2.29. The summed E-state index contributed by atoms with van der Waals surface area (Å²) in [5.74, 6) is 1.45. The minimum atomic E-state index is 0.237. The molecule has 0 bridgehead atoms. The zero-order valence-electron chi connectivity index (χ0n) is 13.6. The summed E-state index contributed by atoms with van der Waals surface area (Å²) in [4.78, 5) is 11.3. The normalized spacial score (nSPS) is 10.3. The maximum Gasteiger partial charge on any atom is 0.203 e. The van der Waals surface area contributed by atoms with Crippen molar-refractivity contribution in [3.63, 3.8) is 0 Å². The minimum absolute atomic E-state index is 0.237. The van der Waals surface area contributed by atoms with E-state index in [0.717, 1.165) is 5.57 Å². The third-order valence-electron chi connectivity index (χ3n) is 3.23. The van der Waals surface area contributed by atoms with E-state index in [1.165, 1.54) is 21.3 Å². The Morgan fingerprint density at radius 2 is 1.83 bits per heavy atom. The Hall–Kier alpha value is -2.83. The molecular weight excluding hydrogens is 298 g/mol. The highest BCUT2D eigenvalue weighted by Gasteiger charge is 2.20. The van der Waals surface area contributed by atoms with Gasteiger partial charge in [0.15, 0.2) is 23.5 Å². The van der Waals surface area contributed by atoms with Crippen molar-refractivity contribution in [3.8, 4) is 28.5 Å². The second-order valence-electron chi connectivity index (χ2n) is 4.97. The van der Waals surface area contributed by atoms with E-state index in [-0.39, 0.29) is 5.69 Å². The van der Waals surface area contributed by atoms with Crippen molar-refractivity contribution in [2.45, 2.75) is 13.5 Å². The van der Waals surface area contributed by atoms with Gasteiger partial charge in [-0.15, -0.1) is 5.10 Å². The van der Waals surface area contributed by atoms with E-state index in [4.69, 9.17) is 14.2 Å². The largest absolute Gasteiger partial charge is 0.493 e. The van der Waals surface area contributed by atoms with Crippen LogP contribution in [-0.4, -0.2) is 42.6 Å². The quantitative estimate of drug-likeness (QED) is 0.576. The van der Waals surface area contributed by atoms with Crippen molar-refractivity contribution in [1.82, 2.24) is 15.0 Å². The number of allylic oxidation sites excluding steroid dienone is 1. The van der Waals surface area contributed by atoms with E-state index in [1.807, 2.05) is 6.92 Å². The van der Waals surface area contributed by atoms with Gasteiger partial charge in [0.05, 0.1) is 33.6 Å². The number of nitrogens with zero attached hydrogens (tertiary/aromatic N) is 3. The van der Waals surface area contributed by atoms with Crippen molar-refractivity contribution in [2.75, 3.05) is 21.3 Å². The van der Waals surface area contributed by atoms with Crippen molar-refractivity contribution >= 4 is 6.29 Å². The number of benzene rings is 1. The standard InChI is InChI=1S/C16H19N3O4/c1-10(2)8-19-15(12(9-20)17-18-19)11-6-13(21-3)16(23-5)14(7-11)22-4/h6-7,9H,1,8H2,2-5H3. The van der Waals surface area contributed by atoms with Crippen LogP contribution >= 0.6 is 0 Å². The van der Waals surface area contributed by atoms with Gasteiger partial charge in [-0.2, -0.15) is 0 Å². The van der Waals surface area contributed by atoms with Crippen molar-refractivity contribution in [1.29, 1.82) is 0 Å². The molecule has 0 aliphatic rings. The number of hydrogen-bond acceptors (Lipinski definition) is 6. The van der Waals surface area contributed by atoms with Crippen LogP contribution < -0.4 is 14.2 Å². The molecule has 0 radical (unpaired) electrons. The summed E-state index contributed by atoms with van der Waals surface area (Å²) in [5.41, 5.74) is 2.39. The molecule has 0 atom stereocenters. The number of hydrogen-bond donors (Lipinski definition) is 0. The van der Waals surface area contributed by atoms with Gasteiger partial charge in [0.25, 0.3) is 0 Å². The lowest BCUT2D eigenvalue weighted by atomic mass is 10.1. The monoisotopic (exact) mass is 317 g/mol. The van der Waals surface area contributed by atoms with E-state index < -0.39 is 0 Å². The van der Waals surface area contributed by atoms with Crippen molar-refractivity contribution in [2.24, 2.45) is 0 Å². The first-order valence-corrected chi connectivity index (χ1v) is 6.89. The average Bonchev–Trinajstić information content (AvgIpc) is 2.95. The Kier molecular flexibility index (Phi) is 5.00. The second-order valence-corrected chi connectivity index (χ2v) is 4.97. The fourth-order valence-corrected chi connectivity index (χ4v) is 2.29. The molecule has 1 aromatic carbocycles. The van der Waals surface area contributed by atoms with Gasteiger partial charge in [-0.25, -0.2) is 4.68 Å². The van der Waals surface area contributed by atoms with Crippen LogP contribution in [0.1, 0.15) is 17.4 Å². The molecule has 0 fully saturated rings. The molecule has 1 aromatic heterocycles. The van der Waals surface area contributed by atoms with E-state index in [9.17, 15) is 4.79 Å². The zero-order valence-corrected chi connectivity index (χ0v) is 13.6. The summed E-state index contributed by atoms with van der Waals surface area (Å²) in [7, 11) is 4.60. The van der Waals surface area contributed by atoms with Crippen LogP contribution in [0.5, 0.6) is 17.2 Å². The van der Waals surface area contributed by atoms with E-state index in [2.05, 4.69) is 16.9 Å². The molecule has 0 N–H and O–H groups in total. The SMILES string of the molecule is C=C(C)Cn1nnc(C=O)c1-c1cc(OC)c(OC)c(OC)c1. The van der Waals surface area contributed by atoms with Crippen LogP contribution in [0.25, 0.3) is 11.3 Å². The highest BCUT2D eigenvalue weighted by molar-refractivity contribution is 5.84. The van der Waals surface area contributed by atoms with Crippen molar-refractivity contribution in [3.05, 3.63) is 30.0 Å². The number of carbonyl (C=O) groups is 1. The van der Waals surface area contributed by atoms with Gasteiger partial charge in [-0.3, -0.25) is 4.79 Å². The number of ether oxygens (including phenoxy) is 3. The lowest BCUT2D eigenvalue weighted by Gasteiger charge is -2.15. The zero-order chi connectivity index (χ0) is 17.0. The summed E-state index contributed by atoms with van der Waals surface area (Å²) in [6, 6.07) is 3.50. The van der Waals surface area contributed by atoms with E-state index in [0.29, 0.717) is 41.3 Å². The molecule has 0 unspecified atom stereocenters. The summed E-state index contributed by atoms with van der Waals surface area (Å²) in [6.45, 7) is 6.20. The molecule has 0 saturated carbocycles. The fraction of sp³-hybridized carbons (Fsp3) is 0.312. The number of methoxy groups -OCH3 is 3. The van der Waals surface area contributed by atoms with Crippen LogP contribution in [-0.2, 0) is 6.54 Å². The summed E-state index contributed by atoms with van der Waals surface area (Å²) < 4.78 is 17.6. The molecule has 2 rings (SSSR count). The lowest BCUT2D eigenvalue weighted by molar-refractivity contribution is 0.111. The molecule has 122 valence electrons. The van der Waals surface area contributed by atoms with Crippen LogP contribution in [0, 0.1) is 0 Å². The van der Waals surface area contributed by atoms with Crippen LogP contribution in [0.4, 0.5) is 0 Å². The third kappa shape index (κ3) is 3.18. The number of aromatic nitrogens is 3. The molecule has 7 heteroatoms. The van der Waals surface area contributed by atoms with Gasteiger partial charge >= 0.3 is 0 Å². The first-order chi connectivity index (χ1) is 11.0. The molecule has 0 saturated heterocycles. The lowest BCUT2D eigenvalue weighted by Crippen LogP contribution is -2.04. The number of aldehydes is 1. The third-order valence-corrected chi connectivity index (χ3v) is 3.23. The van der Waals surface area contributed by atoms with Crippen LogP contribution in [0.15, 0.2) is 24.3 Å². The predicted molar refractivity (Wildman–Crippen MR) is 85.3 cm³/mol. The molecule has 23 heavy (non-hydrogen) atoms. The molecule has 2 aromatic rings. The molecule has 0 aliphatic heterocycles. The Balaban J connectivity index is 2.68. The van der Waals surface area contributed by atoms with Crippen LogP contribution in [0.3, 0.4) is 0 Å². The van der Waals surface area contributed by atoms with Gasteiger partial charge in [0, 0.05) is 5.56 Å². The first-order valence-electron chi connectivity index (χ1n) is 6.89. The molecule has 0 amide bonds. The van der Waals surface area contributed by atoms with E-state index >= 15 is 0 Å². The number of carbonyl (C=O) groups excluding carboxylic acids is 1. The molecule has 7 nitrogen and oxygen atoms in total. The van der Waals surface area contributed by atoms with Gasteiger partial charge in [0.2, 0.25) is 5.75 Å². The summed E-state index contributed by atoms with van der Waals surface area (Å²) in [6.07, 6.45) is 0.667. The maximum atomic E-state index is 11.3. The summed E-state index contributed by atoms with van der Waals surface area (Å²) >= 11 is 0. The number of rotatable bonds is 7. The van der Waals surface area contributed by atoms with Gasteiger partial charge in [0.1, 0.15) is 0 Å². The maximum absolute atomic E-state index is 11.3. The minimum Gasteiger partial charge on any atom is -0.493 e. The second kappa shape index (κ2) is 6.95. The Labute approximate surface area is 134 Å². The average molecular weight is 317 g/mol. The van der Waals surface area contributed by atoms with E-state index in [1.54, 1.807) is 16.8 Å². The van der Waals surface area contributed by atoms with Crippen LogP contribution in [0.2, 0.25) is 0 Å². The first kappa shape index (κ1) is 16.5. The van der Waals surface area contributed by atoms with Gasteiger partial charge < -0.3 is 14.2 Å². The highest BCUT2D eigenvalue weighted by atomic mass is 16.5. The molecule has 0 aliphatic carbocycles. The smallest absolute Gasteiger partial charge is 0.203 e. The topological polar surface area (TPSA) is 75.5 Å². The Bertz CT molecular complexity index is 712. The summed E-state index contributed by atoms with van der Waals surface area (Å²) in [5, 5.41) is 7.93. The predicted octanol–water partition coefficient (Wildman–Crippen LogP) is 2.36. The molecular formula is C16H19N3O4.